The Bertz CT molecular complexity index is 387. The molecule has 1 unspecified atom stereocenters. The van der Waals surface area contributed by atoms with Crippen molar-refractivity contribution in [3.05, 3.63) is 34.9 Å². The molecule has 0 aliphatic carbocycles. The van der Waals surface area contributed by atoms with Crippen molar-refractivity contribution in [1.29, 1.82) is 0 Å². The van der Waals surface area contributed by atoms with Crippen molar-refractivity contribution in [2.24, 2.45) is 0 Å². The molecule has 0 amide bonds. The Labute approximate surface area is 134 Å². The highest BCUT2D eigenvalue weighted by Gasteiger charge is 2.11. The molecule has 3 nitrogen and oxygen atoms in total. The number of benzene rings is 1. The van der Waals surface area contributed by atoms with Gasteiger partial charge < -0.3 is 15.3 Å². The molecule has 0 aliphatic heterocycles. The van der Waals surface area contributed by atoms with E-state index in [1.807, 2.05) is 12.1 Å². The Balaban J connectivity index is 2.40. The van der Waals surface area contributed by atoms with Crippen LogP contribution in [0, 0.1) is 0 Å². The number of nitrogens with one attached hydrogen (secondary N) is 1. The van der Waals surface area contributed by atoms with Gasteiger partial charge in [0.1, 0.15) is 0 Å². The summed E-state index contributed by atoms with van der Waals surface area (Å²) in [6.07, 6.45) is 4.24. The van der Waals surface area contributed by atoms with Gasteiger partial charge in [-0.3, -0.25) is 0 Å². The van der Waals surface area contributed by atoms with E-state index >= 15 is 0 Å². The zero-order valence-corrected chi connectivity index (χ0v) is 14.1. The molecule has 1 rings (SSSR count). The topological polar surface area (TPSA) is 35.5 Å². The van der Waals surface area contributed by atoms with Gasteiger partial charge in [-0.05, 0) is 70.1 Å². The molecule has 0 radical (unpaired) electrons. The van der Waals surface area contributed by atoms with Crippen molar-refractivity contribution < 1.29 is 5.11 Å². The van der Waals surface area contributed by atoms with Crippen LogP contribution in [0.2, 0.25) is 5.02 Å². The van der Waals surface area contributed by atoms with E-state index in [2.05, 4.69) is 36.3 Å². The summed E-state index contributed by atoms with van der Waals surface area (Å²) in [5, 5.41) is 13.1. The van der Waals surface area contributed by atoms with Gasteiger partial charge in [-0.1, -0.05) is 30.7 Å². The second kappa shape index (κ2) is 11.0. The van der Waals surface area contributed by atoms with Gasteiger partial charge in [-0.25, -0.2) is 0 Å². The molecule has 0 saturated heterocycles. The Morgan fingerprint density at radius 2 is 2.05 bits per heavy atom. The number of unbranched alkanes of at least 4 members (excludes halogenated alkanes) is 2. The molecule has 0 aliphatic rings. The van der Waals surface area contributed by atoms with Crippen molar-refractivity contribution in [3.63, 3.8) is 0 Å². The molecular weight excluding hydrogens is 284 g/mol. The normalized spacial score (nSPS) is 12.8. The van der Waals surface area contributed by atoms with E-state index in [1.54, 1.807) is 0 Å². The van der Waals surface area contributed by atoms with Gasteiger partial charge in [0.05, 0.1) is 0 Å². The van der Waals surface area contributed by atoms with E-state index in [-0.39, 0.29) is 0 Å². The van der Waals surface area contributed by atoms with Crippen molar-refractivity contribution in [2.75, 3.05) is 33.3 Å². The molecule has 0 spiro atoms. The van der Waals surface area contributed by atoms with E-state index in [9.17, 15) is 0 Å². The van der Waals surface area contributed by atoms with Crippen LogP contribution in [0.1, 0.15) is 44.2 Å². The Morgan fingerprint density at radius 1 is 1.24 bits per heavy atom. The lowest BCUT2D eigenvalue weighted by Gasteiger charge is -2.23. The second-order valence-corrected chi connectivity index (χ2v) is 5.98. The molecule has 0 fully saturated rings. The van der Waals surface area contributed by atoms with Crippen LogP contribution in [-0.2, 0) is 0 Å². The van der Waals surface area contributed by atoms with Crippen LogP contribution in [-0.4, -0.2) is 43.3 Å². The first kappa shape index (κ1) is 18.4. The lowest BCUT2D eigenvalue weighted by atomic mass is 10.0. The van der Waals surface area contributed by atoms with Crippen LogP contribution in [0.3, 0.4) is 0 Å². The number of halogens is 1. The van der Waals surface area contributed by atoms with Gasteiger partial charge in [-0.2, -0.15) is 0 Å². The van der Waals surface area contributed by atoms with E-state index in [4.69, 9.17) is 16.7 Å². The first-order valence-corrected chi connectivity index (χ1v) is 8.33. The van der Waals surface area contributed by atoms with Crippen molar-refractivity contribution in [1.82, 2.24) is 10.2 Å². The molecule has 1 aromatic carbocycles. The minimum absolute atomic E-state index is 0.307. The SMILES string of the molecule is CCNC(CCN(C)CCCCCO)c1cccc(Cl)c1. The average Bonchev–Trinajstić information content (AvgIpc) is 2.48. The highest BCUT2D eigenvalue weighted by atomic mass is 35.5. The number of aliphatic hydroxyl groups is 1. The highest BCUT2D eigenvalue weighted by molar-refractivity contribution is 6.30. The smallest absolute Gasteiger partial charge is 0.0431 e. The number of hydrogen-bond acceptors (Lipinski definition) is 3. The molecule has 0 bridgehead atoms. The van der Waals surface area contributed by atoms with Crippen molar-refractivity contribution in [3.8, 4) is 0 Å². The maximum Gasteiger partial charge on any atom is 0.0431 e. The molecule has 0 saturated carbocycles. The van der Waals surface area contributed by atoms with Crippen LogP contribution in [0.15, 0.2) is 24.3 Å². The fourth-order valence-electron chi connectivity index (χ4n) is 2.49. The van der Waals surface area contributed by atoms with E-state index in [0.717, 1.165) is 50.3 Å². The molecule has 1 atom stereocenters. The number of aliphatic hydroxyl groups excluding tert-OH is 1. The molecule has 2 N–H and O–H groups in total. The standard InChI is InChI=1S/C17H29ClN2O/c1-3-19-17(15-8-7-9-16(18)14-15)10-12-20(2)11-5-4-6-13-21/h7-9,14,17,19,21H,3-6,10-13H2,1-2H3. The minimum Gasteiger partial charge on any atom is -0.396 e. The third-order valence-electron chi connectivity index (χ3n) is 3.70. The first-order valence-electron chi connectivity index (χ1n) is 7.95. The molecule has 0 aromatic heterocycles. The zero-order chi connectivity index (χ0) is 15.5. The molecule has 0 heterocycles. The fourth-order valence-corrected chi connectivity index (χ4v) is 2.69. The zero-order valence-electron chi connectivity index (χ0n) is 13.3. The first-order chi connectivity index (χ1) is 10.2. The summed E-state index contributed by atoms with van der Waals surface area (Å²) in [6, 6.07) is 8.48. The summed E-state index contributed by atoms with van der Waals surface area (Å²) >= 11 is 6.09. The summed E-state index contributed by atoms with van der Waals surface area (Å²) in [5.74, 6) is 0. The van der Waals surface area contributed by atoms with Crippen LogP contribution in [0.5, 0.6) is 0 Å². The van der Waals surface area contributed by atoms with Gasteiger partial charge in [0.2, 0.25) is 0 Å². The highest BCUT2D eigenvalue weighted by Crippen LogP contribution is 2.20. The molecule has 4 heteroatoms. The van der Waals surface area contributed by atoms with Crippen LogP contribution < -0.4 is 5.32 Å². The Kier molecular flexibility index (Phi) is 9.68. The molecule has 1 aromatic rings. The predicted molar refractivity (Wildman–Crippen MR) is 90.9 cm³/mol. The minimum atomic E-state index is 0.307. The summed E-state index contributed by atoms with van der Waals surface area (Å²) in [5.41, 5.74) is 1.26. The largest absolute Gasteiger partial charge is 0.396 e. The van der Waals surface area contributed by atoms with Crippen LogP contribution in [0.4, 0.5) is 0 Å². The van der Waals surface area contributed by atoms with Gasteiger partial charge >= 0.3 is 0 Å². The monoisotopic (exact) mass is 312 g/mol. The maximum absolute atomic E-state index is 8.78. The van der Waals surface area contributed by atoms with E-state index in [1.165, 1.54) is 5.56 Å². The Hall–Kier alpha value is -0.610. The average molecular weight is 313 g/mol. The number of rotatable bonds is 11. The summed E-state index contributed by atoms with van der Waals surface area (Å²) < 4.78 is 0. The third-order valence-corrected chi connectivity index (χ3v) is 3.93. The quantitative estimate of drug-likeness (QED) is 0.614. The third kappa shape index (κ3) is 7.82. The fraction of sp³-hybridized carbons (Fsp3) is 0.647. The lowest BCUT2D eigenvalue weighted by molar-refractivity contribution is 0.268. The van der Waals surface area contributed by atoms with Gasteiger partial charge in [0.15, 0.2) is 0 Å². The van der Waals surface area contributed by atoms with Crippen LogP contribution >= 0.6 is 11.6 Å². The van der Waals surface area contributed by atoms with Crippen LogP contribution in [0.25, 0.3) is 0 Å². The van der Waals surface area contributed by atoms with Crippen molar-refractivity contribution >= 4 is 11.6 Å². The summed E-state index contributed by atoms with van der Waals surface area (Å²) in [6.45, 7) is 5.55. The maximum atomic E-state index is 8.78. The van der Waals surface area contributed by atoms with Gasteiger partial charge in [0.25, 0.3) is 0 Å². The summed E-state index contributed by atoms with van der Waals surface area (Å²) in [7, 11) is 2.17. The molecule has 120 valence electrons. The van der Waals surface area contributed by atoms with Gasteiger partial charge in [0, 0.05) is 17.7 Å². The predicted octanol–water partition coefficient (Wildman–Crippen LogP) is 3.48. The molecular formula is C17H29ClN2O. The Morgan fingerprint density at radius 3 is 2.71 bits per heavy atom. The van der Waals surface area contributed by atoms with Crippen molar-refractivity contribution in [2.45, 2.75) is 38.6 Å². The number of hydrogen-bond donors (Lipinski definition) is 2. The van der Waals surface area contributed by atoms with E-state index < -0.39 is 0 Å². The van der Waals surface area contributed by atoms with Gasteiger partial charge in [-0.15, -0.1) is 0 Å². The summed E-state index contributed by atoms with van der Waals surface area (Å²) in [4.78, 5) is 2.37. The lowest BCUT2D eigenvalue weighted by Crippen LogP contribution is -2.28. The second-order valence-electron chi connectivity index (χ2n) is 5.54. The number of nitrogens with zero attached hydrogens (tertiary/aromatic N) is 1. The van der Waals surface area contributed by atoms with E-state index in [0.29, 0.717) is 12.6 Å². The molecule has 21 heavy (non-hydrogen) atoms.